The maximum atomic E-state index is 5.21. The van der Waals surface area contributed by atoms with E-state index in [-0.39, 0.29) is 5.92 Å². The predicted molar refractivity (Wildman–Crippen MR) is 164 cm³/mol. The summed E-state index contributed by atoms with van der Waals surface area (Å²) in [5.74, 6) is 2.29. The molecule has 7 rings (SSSR count). The Labute approximate surface area is 235 Å². The number of anilines is 3. The van der Waals surface area contributed by atoms with Crippen LogP contribution in [-0.2, 0) is 0 Å². The Morgan fingerprint density at radius 2 is 1.12 bits per heavy atom. The largest absolute Gasteiger partial charge is 0.302 e. The first-order valence-electron chi connectivity index (χ1n) is 13.9. The highest BCUT2D eigenvalue weighted by molar-refractivity contribution is 5.86. The van der Waals surface area contributed by atoms with Crippen molar-refractivity contribution >= 4 is 17.3 Å². The van der Waals surface area contributed by atoms with Gasteiger partial charge in [0.25, 0.3) is 0 Å². The van der Waals surface area contributed by atoms with Crippen LogP contribution in [0.15, 0.2) is 115 Å². The van der Waals surface area contributed by atoms with E-state index < -0.39 is 0 Å². The molecule has 4 heteroatoms. The zero-order chi connectivity index (χ0) is 27.4. The van der Waals surface area contributed by atoms with Crippen LogP contribution in [0.3, 0.4) is 0 Å². The quantitative estimate of drug-likeness (QED) is 0.232. The molecule has 0 amide bonds. The van der Waals surface area contributed by atoms with Crippen LogP contribution in [0.2, 0.25) is 0 Å². The van der Waals surface area contributed by atoms with Gasteiger partial charge in [0.05, 0.1) is 11.4 Å². The number of hydrogen-bond donors (Lipinski definition) is 0. The lowest BCUT2D eigenvalue weighted by molar-refractivity contribution is 0.841. The number of para-hydroxylation sites is 2. The topological polar surface area (TPSA) is 26.0 Å². The van der Waals surface area contributed by atoms with Gasteiger partial charge in [-0.15, -0.1) is 0 Å². The van der Waals surface area contributed by atoms with Crippen molar-refractivity contribution in [3.63, 3.8) is 0 Å². The third kappa shape index (κ3) is 3.79. The average molecular weight is 521 g/mol. The van der Waals surface area contributed by atoms with E-state index in [1.807, 2.05) is 0 Å². The molecule has 0 radical (unpaired) electrons. The fourth-order valence-corrected chi connectivity index (χ4v) is 6.11. The summed E-state index contributed by atoms with van der Waals surface area (Å²) >= 11 is 0. The summed E-state index contributed by atoms with van der Waals surface area (Å²) in [7, 11) is 0. The van der Waals surface area contributed by atoms with Crippen molar-refractivity contribution < 1.29 is 0 Å². The van der Waals surface area contributed by atoms with Crippen LogP contribution >= 0.6 is 0 Å². The van der Waals surface area contributed by atoms with E-state index in [0.29, 0.717) is 0 Å². The first-order chi connectivity index (χ1) is 19.5. The number of nitrogens with zero attached hydrogens (tertiary/aromatic N) is 4. The number of benzene rings is 4. The molecule has 0 fully saturated rings. The lowest BCUT2D eigenvalue weighted by atomic mass is 9.81. The second-order valence-electron chi connectivity index (χ2n) is 10.8. The van der Waals surface area contributed by atoms with E-state index >= 15 is 0 Å². The molecule has 1 aliphatic heterocycles. The van der Waals surface area contributed by atoms with Crippen molar-refractivity contribution in [2.45, 2.75) is 33.6 Å². The Balaban J connectivity index is 1.62. The van der Waals surface area contributed by atoms with Crippen molar-refractivity contribution in [2.24, 2.45) is 0 Å². The fraction of sp³-hybridized carbons (Fsp3) is 0.139. The Morgan fingerprint density at radius 3 is 1.75 bits per heavy atom. The first-order valence-corrected chi connectivity index (χ1v) is 13.9. The molecule has 4 aromatic carbocycles. The van der Waals surface area contributed by atoms with Crippen LogP contribution in [0.1, 0.15) is 45.0 Å². The van der Waals surface area contributed by atoms with Gasteiger partial charge in [-0.1, -0.05) is 83.9 Å². The third-order valence-electron chi connectivity index (χ3n) is 8.04. The molecule has 0 spiro atoms. The molecule has 0 unspecified atom stereocenters. The average Bonchev–Trinajstić information content (AvgIpc) is 3.51. The molecule has 4 nitrogen and oxygen atoms in total. The van der Waals surface area contributed by atoms with Gasteiger partial charge >= 0.3 is 0 Å². The van der Waals surface area contributed by atoms with Crippen molar-refractivity contribution in [1.82, 2.24) is 14.3 Å². The second-order valence-corrected chi connectivity index (χ2v) is 10.8. The van der Waals surface area contributed by atoms with Gasteiger partial charge in [0.2, 0.25) is 0 Å². The highest BCUT2D eigenvalue weighted by Gasteiger charge is 2.41. The van der Waals surface area contributed by atoms with Gasteiger partial charge in [0.15, 0.2) is 0 Å². The van der Waals surface area contributed by atoms with Crippen molar-refractivity contribution in [2.75, 3.05) is 4.90 Å². The van der Waals surface area contributed by atoms with Crippen LogP contribution in [0.5, 0.6) is 0 Å². The first kappa shape index (κ1) is 24.2. The molecule has 3 heterocycles. The summed E-state index contributed by atoms with van der Waals surface area (Å²) in [5.41, 5.74) is 11.9. The Kier molecular flexibility index (Phi) is 5.71. The molecule has 6 aromatic rings. The summed E-state index contributed by atoms with van der Waals surface area (Å²) in [6, 6.07) is 39.0. The number of hydrogen-bond acceptors (Lipinski definition) is 2. The van der Waals surface area contributed by atoms with Crippen LogP contribution < -0.4 is 4.90 Å². The van der Waals surface area contributed by atoms with E-state index in [1.165, 1.54) is 33.4 Å². The molecule has 196 valence electrons. The van der Waals surface area contributed by atoms with Gasteiger partial charge in [0.1, 0.15) is 11.6 Å². The fourth-order valence-electron chi connectivity index (χ4n) is 6.11. The smallest absolute Gasteiger partial charge is 0.147 e. The molecule has 1 atom stereocenters. The van der Waals surface area contributed by atoms with Gasteiger partial charge in [-0.05, 0) is 75.2 Å². The molecule has 0 aliphatic carbocycles. The van der Waals surface area contributed by atoms with E-state index in [0.717, 1.165) is 34.4 Å². The number of rotatable bonds is 4. The summed E-state index contributed by atoms with van der Waals surface area (Å²) in [6.45, 7) is 8.69. The molecular formula is C36H32N4. The van der Waals surface area contributed by atoms with Gasteiger partial charge < -0.3 is 4.57 Å². The summed E-state index contributed by atoms with van der Waals surface area (Å²) < 4.78 is 4.48. The van der Waals surface area contributed by atoms with E-state index in [9.17, 15) is 0 Å². The maximum absolute atomic E-state index is 5.21. The van der Waals surface area contributed by atoms with Crippen molar-refractivity contribution in [1.29, 1.82) is 0 Å². The lowest BCUT2D eigenvalue weighted by Gasteiger charge is -2.36. The molecule has 2 aromatic heterocycles. The van der Waals surface area contributed by atoms with E-state index in [4.69, 9.17) is 5.10 Å². The predicted octanol–water partition coefficient (Wildman–Crippen LogP) is 8.86. The standard InChI is InChI=1S/C36H32N4/c1-24-15-19-28(20-16-24)34-32-26(3)23-38(29-11-7-5-8-12-29)35(32)39(30-21-17-25(2)18-22-30)36-33(34)27(4)37-40(36)31-13-9-6-10-14-31/h5-23,34H,1-4H3/t34-/m0/s1. The van der Waals surface area contributed by atoms with Gasteiger partial charge in [0, 0.05) is 34.6 Å². The third-order valence-corrected chi connectivity index (χ3v) is 8.04. The number of aromatic nitrogens is 3. The monoisotopic (exact) mass is 520 g/mol. The van der Waals surface area contributed by atoms with Gasteiger partial charge in [-0.2, -0.15) is 5.10 Å². The SMILES string of the molecule is Cc1ccc([C@H]2c3c(C)cn(-c4ccccc4)c3N(c3ccc(C)cc3)c3c2c(C)nn3-c2ccccc2)cc1. The lowest BCUT2D eigenvalue weighted by Crippen LogP contribution is -2.26. The molecule has 0 saturated heterocycles. The molecular weight excluding hydrogens is 488 g/mol. The zero-order valence-electron chi connectivity index (χ0n) is 23.3. The number of fused-ring (bicyclic) bond motifs is 2. The summed E-state index contributed by atoms with van der Waals surface area (Å²) in [4.78, 5) is 2.42. The molecule has 40 heavy (non-hydrogen) atoms. The van der Waals surface area contributed by atoms with Crippen LogP contribution in [0.4, 0.5) is 17.3 Å². The minimum absolute atomic E-state index is 0.0507. The van der Waals surface area contributed by atoms with Crippen LogP contribution in [0, 0.1) is 27.7 Å². The van der Waals surface area contributed by atoms with Crippen LogP contribution in [-0.4, -0.2) is 14.3 Å². The Hall–Kier alpha value is -4.83. The minimum atomic E-state index is 0.0507. The molecule has 1 aliphatic rings. The van der Waals surface area contributed by atoms with Gasteiger partial charge in [-0.25, -0.2) is 4.68 Å². The minimum Gasteiger partial charge on any atom is -0.302 e. The Bertz CT molecular complexity index is 1720. The van der Waals surface area contributed by atoms with Crippen LogP contribution in [0.25, 0.3) is 11.4 Å². The maximum Gasteiger partial charge on any atom is 0.147 e. The summed E-state index contributed by atoms with van der Waals surface area (Å²) in [6.07, 6.45) is 2.30. The Morgan fingerprint density at radius 1 is 0.550 bits per heavy atom. The molecule has 0 N–H and O–H groups in total. The molecule has 0 bridgehead atoms. The summed E-state index contributed by atoms with van der Waals surface area (Å²) in [5, 5.41) is 5.21. The highest BCUT2D eigenvalue weighted by Crippen LogP contribution is 2.55. The normalized spacial score (nSPS) is 14.2. The van der Waals surface area contributed by atoms with E-state index in [2.05, 4.69) is 157 Å². The highest BCUT2D eigenvalue weighted by atomic mass is 15.4. The van der Waals surface area contributed by atoms with Crippen molar-refractivity contribution in [3.8, 4) is 11.4 Å². The second kappa shape index (κ2) is 9.42. The number of aryl methyl sites for hydroxylation is 4. The van der Waals surface area contributed by atoms with E-state index in [1.54, 1.807) is 0 Å². The zero-order valence-corrected chi connectivity index (χ0v) is 23.3. The molecule has 0 saturated carbocycles. The van der Waals surface area contributed by atoms with Gasteiger partial charge in [-0.3, -0.25) is 4.90 Å². The van der Waals surface area contributed by atoms with Crippen molar-refractivity contribution in [3.05, 3.63) is 154 Å².